The zero-order valence-electron chi connectivity index (χ0n) is 19.9. The zero-order valence-corrected chi connectivity index (χ0v) is 22.4. The minimum atomic E-state index is -3.09. The summed E-state index contributed by atoms with van der Waals surface area (Å²) in [7, 11) is 0. The first kappa shape index (κ1) is 23.0. The van der Waals surface area contributed by atoms with Gasteiger partial charge in [0.25, 0.3) is 0 Å². The molecule has 0 saturated carbocycles. The van der Waals surface area contributed by atoms with Gasteiger partial charge in [-0.1, -0.05) is 0 Å². The van der Waals surface area contributed by atoms with Crippen molar-refractivity contribution >= 4 is 47.5 Å². The van der Waals surface area contributed by atoms with Gasteiger partial charge >= 0.3 is 212 Å². The number of aryl methyl sites for hydroxylation is 2. The fourth-order valence-electron chi connectivity index (χ4n) is 5.36. The second-order valence-electron chi connectivity index (χ2n) is 9.30. The Hall–Kier alpha value is -2.73. The van der Waals surface area contributed by atoms with E-state index in [9.17, 15) is 0 Å². The van der Waals surface area contributed by atoms with Gasteiger partial charge in [0, 0.05) is 0 Å². The van der Waals surface area contributed by atoms with Crippen molar-refractivity contribution in [3.8, 4) is 0 Å². The quantitative estimate of drug-likeness (QED) is 0.202. The standard InChI is InChI=1S/C32H30BrP/c1-24-21-28-20-19-27(23-29(28)22-25(24)2)26(3)34(33,30-13-7-4-8-14-30,31-15-9-5-10-16-31)32-17-11-6-12-18-32/h4-23,26H,1-3H3. The molecule has 0 aliphatic heterocycles. The van der Waals surface area contributed by atoms with Gasteiger partial charge in [-0.3, -0.25) is 0 Å². The van der Waals surface area contributed by atoms with E-state index in [0.29, 0.717) is 0 Å². The Balaban J connectivity index is 1.87. The van der Waals surface area contributed by atoms with Crippen LogP contribution in [0.3, 0.4) is 0 Å². The third-order valence-electron chi connectivity index (χ3n) is 7.47. The predicted octanol–water partition coefficient (Wildman–Crippen LogP) is 8.36. The van der Waals surface area contributed by atoms with E-state index in [1.807, 2.05) is 0 Å². The van der Waals surface area contributed by atoms with Gasteiger partial charge in [-0.15, -0.1) is 0 Å². The molecule has 0 fully saturated rings. The van der Waals surface area contributed by atoms with Gasteiger partial charge < -0.3 is 0 Å². The van der Waals surface area contributed by atoms with Crippen LogP contribution in [0, 0.1) is 13.8 Å². The van der Waals surface area contributed by atoms with Crippen LogP contribution >= 0.6 is 20.8 Å². The summed E-state index contributed by atoms with van der Waals surface area (Å²) in [5.74, 6) is 0. The number of halogens is 1. The van der Waals surface area contributed by atoms with Crippen LogP contribution in [0.25, 0.3) is 10.8 Å². The van der Waals surface area contributed by atoms with Crippen LogP contribution < -0.4 is 15.9 Å². The average Bonchev–Trinajstić information content (AvgIpc) is 2.90. The van der Waals surface area contributed by atoms with E-state index < -0.39 is 5.31 Å². The van der Waals surface area contributed by atoms with Gasteiger partial charge in [-0.25, -0.2) is 0 Å². The van der Waals surface area contributed by atoms with Crippen LogP contribution in [0.2, 0.25) is 0 Å². The van der Waals surface area contributed by atoms with Crippen LogP contribution in [0.1, 0.15) is 29.3 Å². The minimum absolute atomic E-state index is 0.212. The van der Waals surface area contributed by atoms with Crippen LogP contribution in [0.4, 0.5) is 0 Å². The molecule has 0 bridgehead atoms. The molecule has 0 amide bonds. The fraction of sp³-hybridized carbons (Fsp3) is 0.125. The summed E-state index contributed by atoms with van der Waals surface area (Å²) in [6.07, 6.45) is 0. The van der Waals surface area contributed by atoms with E-state index in [4.69, 9.17) is 0 Å². The third-order valence-corrected chi connectivity index (χ3v) is 18.7. The van der Waals surface area contributed by atoms with Crippen molar-refractivity contribution < 1.29 is 0 Å². The van der Waals surface area contributed by atoms with E-state index in [1.165, 1.54) is 43.4 Å². The second-order valence-corrected chi connectivity index (χ2v) is 18.2. The number of hydrogen-bond donors (Lipinski definition) is 0. The normalized spacial score (nSPS) is 13.8. The van der Waals surface area contributed by atoms with Gasteiger partial charge in [0.05, 0.1) is 0 Å². The third kappa shape index (κ3) is 3.46. The molecule has 0 aliphatic rings. The summed E-state index contributed by atoms with van der Waals surface area (Å²) < 4.78 is 0. The molecule has 0 heterocycles. The molecule has 0 spiro atoms. The Morgan fingerprint density at radius 2 is 0.941 bits per heavy atom. The molecule has 1 atom stereocenters. The summed E-state index contributed by atoms with van der Waals surface area (Å²) >= 11 is 4.64. The Labute approximate surface area is 211 Å². The molecule has 170 valence electrons. The molecule has 2 heteroatoms. The summed E-state index contributed by atoms with van der Waals surface area (Å²) in [5, 5.41) is 3.55. The maximum absolute atomic E-state index is 4.64. The monoisotopic (exact) mass is 524 g/mol. The average molecular weight is 525 g/mol. The van der Waals surface area contributed by atoms with Gasteiger partial charge in [-0.05, 0) is 0 Å². The molecular formula is C32H30BrP. The van der Waals surface area contributed by atoms with Gasteiger partial charge in [0.15, 0.2) is 0 Å². The molecule has 0 aliphatic carbocycles. The molecular weight excluding hydrogens is 495 g/mol. The number of benzene rings is 5. The molecule has 5 aromatic rings. The maximum atomic E-state index is 4.64. The number of rotatable bonds is 5. The molecule has 0 radical (unpaired) electrons. The van der Waals surface area contributed by atoms with Crippen molar-refractivity contribution in [2.75, 3.05) is 0 Å². The summed E-state index contributed by atoms with van der Waals surface area (Å²) in [4.78, 5) is 0. The van der Waals surface area contributed by atoms with E-state index >= 15 is 0 Å². The fourth-order valence-corrected chi connectivity index (χ4v) is 13.4. The SMILES string of the molecule is Cc1cc2ccc(C(C)P(Br)(c3ccccc3)(c3ccccc3)c3ccccc3)cc2cc1C. The van der Waals surface area contributed by atoms with Crippen molar-refractivity contribution in [1.29, 1.82) is 0 Å². The van der Waals surface area contributed by atoms with Gasteiger partial charge in [-0.2, -0.15) is 0 Å². The Bertz CT molecular complexity index is 1340. The van der Waals surface area contributed by atoms with E-state index in [1.54, 1.807) is 0 Å². The Morgan fingerprint density at radius 3 is 1.38 bits per heavy atom. The van der Waals surface area contributed by atoms with E-state index in [0.717, 1.165) is 0 Å². The molecule has 0 N–H and O–H groups in total. The Morgan fingerprint density at radius 1 is 0.529 bits per heavy atom. The van der Waals surface area contributed by atoms with Crippen LogP contribution in [0.15, 0.2) is 121 Å². The van der Waals surface area contributed by atoms with Crippen LogP contribution in [-0.4, -0.2) is 0 Å². The van der Waals surface area contributed by atoms with Crippen molar-refractivity contribution in [3.63, 3.8) is 0 Å². The zero-order chi connectivity index (χ0) is 23.8. The van der Waals surface area contributed by atoms with Gasteiger partial charge in [0.2, 0.25) is 0 Å². The molecule has 0 saturated heterocycles. The van der Waals surface area contributed by atoms with Crippen molar-refractivity contribution in [2.24, 2.45) is 0 Å². The first-order valence-corrected chi connectivity index (χ1v) is 16.2. The van der Waals surface area contributed by atoms with Gasteiger partial charge in [0.1, 0.15) is 0 Å². The van der Waals surface area contributed by atoms with Crippen LogP contribution in [-0.2, 0) is 0 Å². The molecule has 0 nitrogen and oxygen atoms in total. The molecule has 5 rings (SSSR count). The van der Waals surface area contributed by atoms with Crippen LogP contribution in [0.5, 0.6) is 0 Å². The predicted molar refractivity (Wildman–Crippen MR) is 156 cm³/mol. The van der Waals surface area contributed by atoms with Crippen molar-refractivity contribution in [3.05, 3.63) is 138 Å². The van der Waals surface area contributed by atoms with E-state index in [-0.39, 0.29) is 5.66 Å². The molecule has 34 heavy (non-hydrogen) atoms. The molecule has 0 aromatic heterocycles. The van der Waals surface area contributed by atoms with Crippen molar-refractivity contribution in [1.82, 2.24) is 0 Å². The van der Waals surface area contributed by atoms with E-state index in [2.05, 4.69) is 158 Å². The first-order valence-electron chi connectivity index (χ1n) is 11.8. The Kier molecular flexibility index (Phi) is 5.96. The summed E-state index contributed by atoms with van der Waals surface area (Å²) in [6.45, 7) is 6.80. The van der Waals surface area contributed by atoms with Crippen molar-refractivity contribution in [2.45, 2.75) is 26.4 Å². The second kappa shape index (κ2) is 8.81. The number of fused-ring (bicyclic) bond motifs is 1. The summed E-state index contributed by atoms with van der Waals surface area (Å²) in [6, 6.07) is 44.8. The molecule has 1 unspecified atom stereocenters. The molecule has 5 aromatic carbocycles. The first-order chi connectivity index (χ1) is 16.4. The summed E-state index contributed by atoms with van der Waals surface area (Å²) in [5.41, 5.74) is 4.24. The topological polar surface area (TPSA) is 0 Å². The number of hydrogen-bond acceptors (Lipinski definition) is 0.